The SMILES string of the molecule is CC(=O)N(C)NC12CC3CC(CC(C3)C1)C2. The van der Waals surface area contributed by atoms with Crippen LogP contribution in [-0.2, 0) is 4.79 Å². The summed E-state index contributed by atoms with van der Waals surface area (Å²) in [5, 5.41) is 1.70. The molecule has 0 aromatic rings. The largest absolute Gasteiger partial charge is 0.281 e. The third-order valence-corrected chi connectivity index (χ3v) is 4.92. The second kappa shape index (κ2) is 3.46. The lowest BCUT2D eigenvalue weighted by Gasteiger charge is -2.57. The lowest BCUT2D eigenvalue weighted by molar-refractivity contribution is -0.136. The Labute approximate surface area is 97.5 Å². The van der Waals surface area contributed by atoms with E-state index in [4.69, 9.17) is 0 Å². The highest BCUT2D eigenvalue weighted by Crippen LogP contribution is 2.55. The number of rotatable bonds is 2. The van der Waals surface area contributed by atoms with Gasteiger partial charge in [-0.15, -0.1) is 0 Å². The quantitative estimate of drug-likeness (QED) is 0.724. The summed E-state index contributed by atoms with van der Waals surface area (Å²) in [6, 6.07) is 0. The van der Waals surface area contributed by atoms with E-state index in [0.717, 1.165) is 17.8 Å². The molecule has 16 heavy (non-hydrogen) atoms. The van der Waals surface area contributed by atoms with Crippen molar-refractivity contribution in [1.29, 1.82) is 0 Å². The highest BCUT2D eigenvalue weighted by molar-refractivity contribution is 5.72. The van der Waals surface area contributed by atoms with E-state index in [1.54, 1.807) is 11.9 Å². The number of nitrogens with zero attached hydrogens (tertiary/aromatic N) is 1. The van der Waals surface area contributed by atoms with Gasteiger partial charge in [0.05, 0.1) is 0 Å². The van der Waals surface area contributed by atoms with E-state index in [2.05, 4.69) is 5.43 Å². The zero-order valence-corrected chi connectivity index (χ0v) is 10.3. The molecule has 1 amide bonds. The van der Waals surface area contributed by atoms with E-state index in [1.165, 1.54) is 38.5 Å². The van der Waals surface area contributed by atoms with Crippen molar-refractivity contribution in [2.45, 2.75) is 51.0 Å². The number of hydrogen-bond donors (Lipinski definition) is 1. The van der Waals surface area contributed by atoms with Crippen molar-refractivity contribution in [3.8, 4) is 0 Å². The van der Waals surface area contributed by atoms with Gasteiger partial charge >= 0.3 is 0 Å². The van der Waals surface area contributed by atoms with Gasteiger partial charge in [-0.25, -0.2) is 5.43 Å². The molecule has 0 spiro atoms. The van der Waals surface area contributed by atoms with Gasteiger partial charge in [-0.3, -0.25) is 9.80 Å². The number of hydrogen-bond acceptors (Lipinski definition) is 2. The fourth-order valence-electron chi connectivity index (χ4n) is 4.68. The van der Waals surface area contributed by atoms with Crippen LogP contribution in [0.15, 0.2) is 0 Å². The summed E-state index contributed by atoms with van der Waals surface area (Å²) in [4.78, 5) is 11.3. The average molecular weight is 222 g/mol. The lowest BCUT2D eigenvalue weighted by Crippen LogP contribution is -2.62. The summed E-state index contributed by atoms with van der Waals surface area (Å²) in [6.45, 7) is 1.63. The fraction of sp³-hybridized carbons (Fsp3) is 0.923. The molecule has 0 aliphatic heterocycles. The minimum atomic E-state index is 0.121. The molecule has 3 heteroatoms. The maximum Gasteiger partial charge on any atom is 0.233 e. The van der Waals surface area contributed by atoms with Crippen LogP contribution in [0.5, 0.6) is 0 Å². The highest BCUT2D eigenvalue weighted by Gasteiger charge is 2.51. The van der Waals surface area contributed by atoms with Crippen LogP contribution in [0.1, 0.15) is 45.4 Å². The first kappa shape index (κ1) is 10.6. The summed E-state index contributed by atoms with van der Waals surface area (Å²) in [7, 11) is 1.86. The Hall–Kier alpha value is -0.570. The fourth-order valence-corrected chi connectivity index (χ4v) is 4.68. The highest BCUT2D eigenvalue weighted by atomic mass is 16.2. The van der Waals surface area contributed by atoms with E-state index < -0.39 is 0 Å². The van der Waals surface area contributed by atoms with Crippen molar-refractivity contribution in [2.75, 3.05) is 7.05 Å². The van der Waals surface area contributed by atoms with Crippen molar-refractivity contribution in [3.05, 3.63) is 0 Å². The van der Waals surface area contributed by atoms with Crippen LogP contribution in [0, 0.1) is 17.8 Å². The van der Waals surface area contributed by atoms with Gasteiger partial charge in [-0.2, -0.15) is 0 Å². The topological polar surface area (TPSA) is 32.3 Å². The molecule has 0 aromatic carbocycles. The number of carbonyl (C=O) groups excluding carboxylic acids is 1. The third-order valence-electron chi connectivity index (χ3n) is 4.92. The summed E-state index contributed by atoms with van der Waals surface area (Å²) < 4.78 is 0. The van der Waals surface area contributed by atoms with Crippen LogP contribution < -0.4 is 5.43 Å². The zero-order valence-electron chi connectivity index (χ0n) is 10.3. The van der Waals surface area contributed by atoms with Gasteiger partial charge in [0.2, 0.25) is 5.91 Å². The van der Waals surface area contributed by atoms with E-state index in [9.17, 15) is 4.79 Å². The zero-order chi connectivity index (χ0) is 11.3. The molecule has 4 bridgehead atoms. The molecule has 0 saturated heterocycles. The van der Waals surface area contributed by atoms with Crippen molar-refractivity contribution >= 4 is 5.91 Å². The Morgan fingerprint density at radius 3 is 1.94 bits per heavy atom. The average Bonchev–Trinajstić information content (AvgIpc) is 2.13. The molecule has 4 rings (SSSR count). The van der Waals surface area contributed by atoms with Gasteiger partial charge in [-0.05, 0) is 56.3 Å². The standard InChI is InChI=1S/C13H22N2O/c1-9(16)15(2)14-13-6-10-3-11(7-13)5-12(4-10)8-13/h10-12,14H,3-8H2,1-2H3. The van der Waals surface area contributed by atoms with E-state index >= 15 is 0 Å². The molecule has 3 nitrogen and oxygen atoms in total. The van der Waals surface area contributed by atoms with E-state index in [0.29, 0.717) is 0 Å². The molecular formula is C13H22N2O. The Morgan fingerprint density at radius 2 is 1.56 bits per heavy atom. The van der Waals surface area contributed by atoms with Gasteiger partial charge < -0.3 is 0 Å². The van der Waals surface area contributed by atoms with Gasteiger partial charge in [0.1, 0.15) is 0 Å². The lowest BCUT2D eigenvalue weighted by atomic mass is 9.53. The first-order valence-electron chi connectivity index (χ1n) is 6.58. The summed E-state index contributed by atoms with van der Waals surface area (Å²) in [6.07, 6.45) is 8.21. The molecular weight excluding hydrogens is 200 g/mol. The Kier molecular flexibility index (Phi) is 2.29. The molecule has 0 radical (unpaired) electrons. The van der Waals surface area contributed by atoms with Gasteiger partial charge in [-0.1, -0.05) is 0 Å². The van der Waals surface area contributed by atoms with Crippen molar-refractivity contribution in [3.63, 3.8) is 0 Å². The normalized spacial score (nSPS) is 44.8. The summed E-state index contributed by atoms with van der Waals surface area (Å²) in [5.74, 6) is 2.91. The summed E-state index contributed by atoms with van der Waals surface area (Å²) in [5.41, 5.74) is 3.77. The smallest absolute Gasteiger partial charge is 0.233 e. The second-order valence-electron chi connectivity index (χ2n) is 6.39. The molecule has 0 heterocycles. The second-order valence-corrected chi connectivity index (χ2v) is 6.39. The first-order chi connectivity index (χ1) is 7.56. The number of carbonyl (C=O) groups is 1. The monoisotopic (exact) mass is 222 g/mol. The van der Waals surface area contributed by atoms with Gasteiger partial charge in [0, 0.05) is 19.5 Å². The molecule has 0 atom stereocenters. The van der Waals surface area contributed by atoms with Gasteiger partial charge in [0.25, 0.3) is 0 Å². The van der Waals surface area contributed by atoms with E-state index in [-0.39, 0.29) is 11.4 Å². The molecule has 0 unspecified atom stereocenters. The molecule has 4 aliphatic rings. The molecule has 0 aromatic heterocycles. The van der Waals surface area contributed by atoms with Crippen LogP contribution in [0.2, 0.25) is 0 Å². The van der Waals surface area contributed by atoms with Crippen molar-refractivity contribution < 1.29 is 4.79 Å². The van der Waals surface area contributed by atoms with E-state index in [1.807, 2.05) is 7.05 Å². The minimum Gasteiger partial charge on any atom is -0.281 e. The van der Waals surface area contributed by atoms with Crippen LogP contribution >= 0.6 is 0 Å². The van der Waals surface area contributed by atoms with Crippen molar-refractivity contribution in [2.24, 2.45) is 17.8 Å². The molecule has 1 N–H and O–H groups in total. The van der Waals surface area contributed by atoms with Gasteiger partial charge in [0.15, 0.2) is 0 Å². The predicted molar refractivity (Wildman–Crippen MR) is 62.5 cm³/mol. The third kappa shape index (κ3) is 1.65. The van der Waals surface area contributed by atoms with Crippen LogP contribution in [0.4, 0.5) is 0 Å². The molecule has 90 valence electrons. The predicted octanol–water partition coefficient (Wildman–Crippen LogP) is 1.94. The minimum absolute atomic E-state index is 0.121. The Morgan fingerprint density at radius 1 is 1.12 bits per heavy atom. The molecule has 4 fully saturated rings. The molecule has 4 saturated carbocycles. The summed E-state index contributed by atoms with van der Waals surface area (Å²) >= 11 is 0. The molecule has 4 aliphatic carbocycles. The Balaban J connectivity index is 1.76. The van der Waals surface area contributed by atoms with Crippen LogP contribution in [-0.4, -0.2) is 23.5 Å². The van der Waals surface area contributed by atoms with Crippen LogP contribution in [0.3, 0.4) is 0 Å². The Bertz CT molecular complexity index is 278. The maximum atomic E-state index is 11.3. The maximum absolute atomic E-state index is 11.3. The van der Waals surface area contributed by atoms with Crippen molar-refractivity contribution in [1.82, 2.24) is 10.4 Å². The first-order valence-corrected chi connectivity index (χ1v) is 6.58. The van der Waals surface area contributed by atoms with Crippen LogP contribution in [0.25, 0.3) is 0 Å². The number of amides is 1. The number of nitrogens with one attached hydrogen (secondary N) is 1. The number of hydrazine groups is 1.